The van der Waals surface area contributed by atoms with Crippen LogP contribution in [0.5, 0.6) is 0 Å². The molecule has 0 fully saturated rings. The van der Waals surface area contributed by atoms with Crippen LogP contribution in [-0.4, -0.2) is 11.5 Å². The summed E-state index contributed by atoms with van der Waals surface area (Å²) < 4.78 is 13.5. The molecule has 1 N–H and O–H groups in total. The van der Waals surface area contributed by atoms with Gasteiger partial charge in [-0.1, -0.05) is 19.1 Å². The molecule has 2 nitrogen and oxygen atoms in total. The van der Waals surface area contributed by atoms with Gasteiger partial charge in [0.25, 0.3) is 0 Å². The van der Waals surface area contributed by atoms with E-state index in [-0.39, 0.29) is 11.9 Å². The van der Waals surface area contributed by atoms with Crippen molar-refractivity contribution >= 4 is 0 Å². The van der Waals surface area contributed by atoms with Crippen molar-refractivity contribution in [3.8, 4) is 0 Å². The van der Waals surface area contributed by atoms with E-state index in [4.69, 9.17) is 0 Å². The molecule has 0 amide bonds. The van der Waals surface area contributed by atoms with Crippen LogP contribution in [0.25, 0.3) is 0 Å². The maximum atomic E-state index is 13.5. The molecule has 0 aliphatic carbocycles. The van der Waals surface area contributed by atoms with E-state index < -0.39 is 0 Å². The average molecular weight is 272 g/mol. The van der Waals surface area contributed by atoms with Gasteiger partial charge in [0.2, 0.25) is 0 Å². The largest absolute Gasteiger partial charge is 0.310 e. The summed E-state index contributed by atoms with van der Waals surface area (Å²) in [5.41, 5.74) is 3.10. The van der Waals surface area contributed by atoms with E-state index in [9.17, 15) is 4.39 Å². The molecule has 1 aromatic heterocycles. The number of hydrogen-bond acceptors (Lipinski definition) is 2. The van der Waals surface area contributed by atoms with Crippen molar-refractivity contribution in [2.75, 3.05) is 6.54 Å². The molecule has 3 heteroatoms. The van der Waals surface area contributed by atoms with Crippen LogP contribution in [0.4, 0.5) is 4.39 Å². The third kappa shape index (κ3) is 3.87. The highest BCUT2D eigenvalue weighted by Crippen LogP contribution is 2.21. The lowest BCUT2D eigenvalue weighted by Crippen LogP contribution is -2.20. The third-order valence-corrected chi connectivity index (χ3v) is 3.37. The average Bonchev–Trinajstić information content (AvgIpc) is 2.46. The van der Waals surface area contributed by atoms with Gasteiger partial charge in [0, 0.05) is 24.4 Å². The summed E-state index contributed by atoms with van der Waals surface area (Å²) in [5, 5.41) is 3.45. The van der Waals surface area contributed by atoms with Gasteiger partial charge in [-0.15, -0.1) is 0 Å². The highest BCUT2D eigenvalue weighted by Gasteiger charge is 2.11. The Balaban J connectivity index is 2.24. The Morgan fingerprint density at radius 1 is 1.25 bits per heavy atom. The lowest BCUT2D eigenvalue weighted by molar-refractivity contribution is 0.563. The van der Waals surface area contributed by atoms with E-state index in [1.54, 1.807) is 12.3 Å². The second kappa shape index (κ2) is 7.15. The van der Waals surface area contributed by atoms with Crippen LogP contribution in [0.3, 0.4) is 0 Å². The number of nitrogens with one attached hydrogen (secondary N) is 1. The minimum atomic E-state index is -0.192. The molecule has 106 valence electrons. The Bertz CT molecular complexity index is 540. The molecule has 0 bridgehead atoms. The van der Waals surface area contributed by atoms with Gasteiger partial charge in [-0.05, 0) is 55.3 Å². The number of rotatable bonds is 6. The van der Waals surface area contributed by atoms with Crippen LogP contribution in [0.1, 0.15) is 43.1 Å². The van der Waals surface area contributed by atoms with Gasteiger partial charge < -0.3 is 5.32 Å². The van der Waals surface area contributed by atoms with Crippen LogP contribution in [0.15, 0.2) is 42.6 Å². The molecule has 1 heterocycles. The Morgan fingerprint density at radius 3 is 2.80 bits per heavy atom. The van der Waals surface area contributed by atoms with Crippen LogP contribution in [0.2, 0.25) is 0 Å². The smallest absolute Gasteiger partial charge is 0.123 e. The Kier molecular flexibility index (Phi) is 5.24. The van der Waals surface area contributed by atoms with Crippen LogP contribution < -0.4 is 5.32 Å². The standard InChI is InChI=1S/C17H21FN2/c1-3-9-19-13(2)17-8-7-15(18)11-14(17)12-16-6-4-5-10-20-16/h4-8,10-11,13,19H,3,9,12H2,1-2H3. The summed E-state index contributed by atoms with van der Waals surface area (Å²) in [4.78, 5) is 4.32. The van der Waals surface area contributed by atoms with E-state index in [2.05, 4.69) is 24.1 Å². The van der Waals surface area contributed by atoms with Gasteiger partial charge in [-0.25, -0.2) is 4.39 Å². The van der Waals surface area contributed by atoms with E-state index in [1.165, 1.54) is 6.07 Å². The van der Waals surface area contributed by atoms with Crippen molar-refractivity contribution in [1.29, 1.82) is 0 Å². The molecule has 0 spiro atoms. The summed E-state index contributed by atoms with van der Waals surface area (Å²) >= 11 is 0. The number of pyridine rings is 1. The van der Waals surface area contributed by atoms with Crippen LogP contribution in [-0.2, 0) is 6.42 Å². The second-order valence-corrected chi connectivity index (χ2v) is 5.02. The molecule has 0 saturated carbocycles. The normalized spacial score (nSPS) is 12.3. The van der Waals surface area contributed by atoms with Gasteiger partial charge in [0.1, 0.15) is 5.82 Å². The first-order valence-electron chi connectivity index (χ1n) is 7.12. The van der Waals surface area contributed by atoms with Crippen molar-refractivity contribution in [2.24, 2.45) is 0 Å². The van der Waals surface area contributed by atoms with Gasteiger partial charge in [-0.3, -0.25) is 4.98 Å². The Labute approximate surface area is 120 Å². The molecule has 1 unspecified atom stereocenters. The number of benzene rings is 1. The molecule has 0 radical (unpaired) electrons. The van der Waals surface area contributed by atoms with Crippen molar-refractivity contribution in [1.82, 2.24) is 10.3 Å². The number of aromatic nitrogens is 1. The molecular weight excluding hydrogens is 251 g/mol. The fourth-order valence-corrected chi connectivity index (χ4v) is 2.32. The fraction of sp³-hybridized carbons (Fsp3) is 0.353. The predicted molar refractivity (Wildman–Crippen MR) is 80.2 cm³/mol. The van der Waals surface area contributed by atoms with Crippen molar-refractivity contribution in [3.05, 3.63) is 65.2 Å². The molecule has 2 aromatic rings. The number of nitrogens with zero attached hydrogens (tertiary/aromatic N) is 1. The lowest BCUT2D eigenvalue weighted by Gasteiger charge is -2.18. The maximum absolute atomic E-state index is 13.5. The minimum absolute atomic E-state index is 0.192. The first kappa shape index (κ1) is 14.7. The predicted octanol–water partition coefficient (Wildman–Crippen LogP) is 3.87. The molecule has 0 aliphatic heterocycles. The Morgan fingerprint density at radius 2 is 2.10 bits per heavy atom. The molecule has 1 atom stereocenters. The number of hydrogen-bond donors (Lipinski definition) is 1. The van der Waals surface area contributed by atoms with E-state index in [0.29, 0.717) is 6.42 Å². The van der Waals surface area contributed by atoms with Gasteiger partial charge in [0.15, 0.2) is 0 Å². The van der Waals surface area contributed by atoms with Gasteiger partial charge in [-0.2, -0.15) is 0 Å². The third-order valence-electron chi connectivity index (χ3n) is 3.37. The van der Waals surface area contributed by atoms with Crippen molar-refractivity contribution in [2.45, 2.75) is 32.7 Å². The molecular formula is C17H21FN2. The zero-order valence-electron chi connectivity index (χ0n) is 12.1. The van der Waals surface area contributed by atoms with Crippen LogP contribution in [0, 0.1) is 5.82 Å². The first-order valence-corrected chi connectivity index (χ1v) is 7.12. The highest BCUT2D eigenvalue weighted by molar-refractivity contribution is 5.33. The van der Waals surface area contributed by atoms with Gasteiger partial charge >= 0.3 is 0 Å². The Hall–Kier alpha value is -1.74. The molecule has 1 aromatic carbocycles. The summed E-state index contributed by atoms with van der Waals surface area (Å²) in [6.07, 6.45) is 3.51. The molecule has 20 heavy (non-hydrogen) atoms. The van der Waals surface area contributed by atoms with Crippen molar-refractivity contribution in [3.63, 3.8) is 0 Å². The van der Waals surface area contributed by atoms with E-state index >= 15 is 0 Å². The fourth-order valence-electron chi connectivity index (χ4n) is 2.32. The maximum Gasteiger partial charge on any atom is 0.123 e. The summed E-state index contributed by atoms with van der Waals surface area (Å²) in [7, 11) is 0. The quantitative estimate of drug-likeness (QED) is 0.863. The van der Waals surface area contributed by atoms with E-state index in [0.717, 1.165) is 29.8 Å². The van der Waals surface area contributed by atoms with Crippen molar-refractivity contribution < 1.29 is 4.39 Å². The minimum Gasteiger partial charge on any atom is -0.310 e. The SMILES string of the molecule is CCCNC(C)c1ccc(F)cc1Cc1ccccn1. The summed E-state index contributed by atoms with van der Waals surface area (Å²) in [5.74, 6) is -0.192. The lowest BCUT2D eigenvalue weighted by atomic mass is 9.97. The molecule has 2 rings (SSSR count). The second-order valence-electron chi connectivity index (χ2n) is 5.02. The summed E-state index contributed by atoms with van der Waals surface area (Å²) in [6.45, 7) is 5.21. The topological polar surface area (TPSA) is 24.9 Å². The van der Waals surface area contributed by atoms with E-state index in [1.807, 2.05) is 24.3 Å². The monoisotopic (exact) mass is 272 g/mol. The van der Waals surface area contributed by atoms with Gasteiger partial charge in [0.05, 0.1) is 0 Å². The van der Waals surface area contributed by atoms with Crippen LogP contribution >= 0.6 is 0 Å². The summed E-state index contributed by atoms with van der Waals surface area (Å²) in [6, 6.07) is 11.1. The molecule has 0 aliphatic rings. The first-order chi connectivity index (χ1) is 9.70. The number of halogens is 1. The highest BCUT2D eigenvalue weighted by atomic mass is 19.1. The molecule has 0 saturated heterocycles. The zero-order valence-corrected chi connectivity index (χ0v) is 12.1. The zero-order chi connectivity index (χ0) is 14.4.